The molecule has 1 atom stereocenters. The third-order valence-electron chi connectivity index (χ3n) is 2.17. The molecule has 0 amide bonds. The van der Waals surface area contributed by atoms with E-state index >= 15 is 0 Å². The Labute approximate surface area is 105 Å². The molecule has 0 saturated carbocycles. The van der Waals surface area contributed by atoms with Crippen molar-refractivity contribution in [3.8, 4) is 0 Å². The molecular weight excluding hydrogens is 262 g/mol. The number of carbonyl (C=O) groups excluding carboxylic acids is 1. The lowest BCUT2D eigenvalue weighted by Gasteiger charge is -2.22. The fraction of sp³-hybridized carbons (Fsp3) is 0.200. The summed E-state index contributed by atoms with van der Waals surface area (Å²) in [7, 11) is 2.37. The van der Waals surface area contributed by atoms with Crippen LogP contribution in [0.1, 0.15) is 20.7 Å². The van der Waals surface area contributed by atoms with Crippen LogP contribution in [-0.2, 0) is 16.0 Å². The molecule has 0 fully saturated rings. The third kappa shape index (κ3) is 3.05. The summed E-state index contributed by atoms with van der Waals surface area (Å²) in [5, 5.41) is 8.88. The van der Waals surface area contributed by atoms with Crippen LogP contribution in [0.15, 0.2) is 18.2 Å². The highest BCUT2D eigenvalue weighted by Crippen LogP contribution is 2.20. The molecule has 98 valence electrons. The predicted octanol–water partition coefficient (Wildman–Crippen LogP) is 0.402. The van der Waals surface area contributed by atoms with Gasteiger partial charge in [0, 0.05) is 24.0 Å². The molecular formula is C10H10NO6S-. The van der Waals surface area contributed by atoms with Crippen molar-refractivity contribution in [2.75, 3.05) is 18.5 Å². The minimum atomic E-state index is -2.57. The van der Waals surface area contributed by atoms with E-state index in [0.29, 0.717) is 0 Å². The second-order valence-electron chi connectivity index (χ2n) is 3.28. The highest BCUT2D eigenvalue weighted by Gasteiger charge is 2.14. The van der Waals surface area contributed by atoms with Crippen LogP contribution >= 0.6 is 0 Å². The molecule has 0 aliphatic carbocycles. The van der Waals surface area contributed by atoms with Gasteiger partial charge in [-0.25, -0.2) is 9.59 Å². The van der Waals surface area contributed by atoms with Gasteiger partial charge in [0.05, 0.1) is 18.2 Å². The fourth-order valence-corrected chi connectivity index (χ4v) is 1.52. The minimum Gasteiger partial charge on any atom is -0.755 e. The fourth-order valence-electron chi connectivity index (χ4n) is 1.24. The number of carboxylic acid groups (broad SMARTS) is 1. The van der Waals surface area contributed by atoms with Gasteiger partial charge in [-0.05, 0) is 18.2 Å². The maximum absolute atomic E-state index is 11.3. The molecule has 1 aromatic rings. The summed E-state index contributed by atoms with van der Waals surface area (Å²) in [5.41, 5.74) is -0.182. The monoisotopic (exact) mass is 272 g/mol. The topological polar surface area (TPSA) is 107 Å². The predicted molar refractivity (Wildman–Crippen MR) is 62.1 cm³/mol. The van der Waals surface area contributed by atoms with E-state index in [-0.39, 0.29) is 16.8 Å². The molecule has 8 heteroatoms. The summed E-state index contributed by atoms with van der Waals surface area (Å²) < 4.78 is 26.9. The number of ether oxygens (including phenoxy) is 1. The Morgan fingerprint density at radius 3 is 2.33 bits per heavy atom. The van der Waals surface area contributed by atoms with Gasteiger partial charge in [0.2, 0.25) is 0 Å². The molecule has 1 N–H and O–H groups in total. The second-order valence-corrected chi connectivity index (χ2v) is 4.26. The van der Waals surface area contributed by atoms with Crippen LogP contribution in [0.5, 0.6) is 0 Å². The van der Waals surface area contributed by atoms with Gasteiger partial charge in [-0.1, -0.05) is 0 Å². The maximum atomic E-state index is 11.3. The molecule has 1 unspecified atom stereocenters. The van der Waals surface area contributed by atoms with Gasteiger partial charge >= 0.3 is 11.9 Å². The summed E-state index contributed by atoms with van der Waals surface area (Å²) in [6.45, 7) is 0. The standard InChI is InChI=1S/C10H11NO6S/c1-11(18(15)16)8-4-6(9(12)13)3-7(5-8)10(14)17-2/h3-5H,1-2H3,(H,12,13)(H,15,16)/p-1. The lowest BCUT2D eigenvalue weighted by atomic mass is 10.1. The molecule has 0 aromatic heterocycles. The summed E-state index contributed by atoms with van der Waals surface area (Å²) in [5.74, 6) is -2.02. The molecule has 0 spiro atoms. The number of carboxylic acids is 1. The number of aromatic carboxylic acids is 1. The summed E-state index contributed by atoms with van der Waals surface area (Å²) in [4.78, 5) is 22.2. The summed E-state index contributed by atoms with van der Waals surface area (Å²) >= 11 is -2.57. The lowest BCUT2D eigenvalue weighted by Crippen LogP contribution is -2.20. The van der Waals surface area contributed by atoms with Crippen LogP contribution in [0.25, 0.3) is 0 Å². The SMILES string of the molecule is COC(=O)c1cc(C(=O)O)cc(N(C)S(=O)[O-])c1. The van der Waals surface area contributed by atoms with Gasteiger partial charge in [-0.2, -0.15) is 0 Å². The Kier molecular flexibility index (Phi) is 4.40. The summed E-state index contributed by atoms with van der Waals surface area (Å²) in [6.07, 6.45) is 0. The van der Waals surface area contributed by atoms with Gasteiger partial charge in [0.1, 0.15) is 0 Å². The van der Waals surface area contributed by atoms with Gasteiger partial charge in [-0.3, -0.25) is 4.21 Å². The highest BCUT2D eigenvalue weighted by atomic mass is 32.2. The van der Waals surface area contributed by atoms with E-state index in [0.717, 1.165) is 23.5 Å². The maximum Gasteiger partial charge on any atom is 0.337 e. The van der Waals surface area contributed by atoms with Crippen molar-refractivity contribution in [3.05, 3.63) is 29.3 Å². The normalized spacial score (nSPS) is 11.7. The van der Waals surface area contributed by atoms with E-state index in [2.05, 4.69) is 4.74 Å². The number of benzene rings is 1. The van der Waals surface area contributed by atoms with Crippen molar-refractivity contribution in [1.82, 2.24) is 0 Å². The molecule has 0 radical (unpaired) electrons. The van der Waals surface area contributed by atoms with Crippen LogP contribution in [0.2, 0.25) is 0 Å². The Morgan fingerprint density at radius 1 is 1.33 bits per heavy atom. The number of esters is 1. The Balaban J connectivity index is 3.35. The van der Waals surface area contributed by atoms with Crippen molar-refractivity contribution in [2.24, 2.45) is 0 Å². The number of hydrogen-bond donors (Lipinski definition) is 1. The van der Waals surface area contributed by atoms with E-state index in [1.807, 2.05) is 0 Å². The van der Waals surface area contributed by atoms with Crippen LogP contribution in [0.3, 0.4) is 0 Å². The molecule has 0 heterocycles. The largest absolute Gasteiger partial charge is 0.755 e. The number of carbonyl (C=O) groups is 2. The Hall–Kier alpha value is -1.93. The minimum absolute atomic E-state index is 0.0373. The number of hydrogen-bond acceptors (Lipinski definition) is 5. The van der Waals surface area contributed by atoms with E-state index in [9.17, 15) is 18.4 Å². The van der Waals surface area contributed by atoms with Crippen molar-refractivity contribution in [1.29, 1.82) is 0 Å². The van der Waals surface area contributed by atoms with Gasteiger partial charge in [-0.15, -0.1) is 0 Å². The van der Waals surface area contributed by atoms with Crippen molar-refractivity contribution in [3.63, 3.8) is 0 Å². The number of nitrogens with zero attached hydrogens (tertiary/aromatic N) is 1. The van der Waals surface area contributed by atoms with Crippen molar-refractivity contribution >= 4 is 28.9 Å². The highest BCUT2D eigenvalue weighted by molar-refractivity contribution is 7.80. The zero-order valence-electron chi connectivity index (χ0n) is 9.58. The van der Waals surface area contributed by atoms with Gasteiger partial charge in [0.25, 0.3) is 0 Å². The third-order valence-corrected chi connectivity index (χ3v) is 2.83. The molecule has 7 nitrogen and oxygen atoms in total. The summed E-state index contributed by atoms with van der Waals surface area (Å²) in [6, 6.07) is 3.48. The Bertz CT molecular complexity index is 515. The van der Waals surface area contributed by atoms with Crippen LogP contribution in [0.4, 0.5) is 5.69 Å². The van der Waals surface area contributed by atoms with Crippen LogP contribution in [0, 0.1) is 0 Å². The van der Waals surface area contributed by atoms with Crippen molar-refractivity contribution in [2.45, 2.75) is 0 Å². The molecule has 0 saturated heterocycles. The second kappa shape index (κ2) is 5.61. The molecule has 1 aromatic carbocycles. The van der Waals surface area contributed by atoms with Crippen LogP contribution in [-0.4, -0.2) is 40.0 Å². The lowest BCUT2D eigenvalue weighted by molar-refractivity contribution is 0.0600. The molecule has 0 aliphatic heterocycles. The molecule has 1 rings (SSSR count). The zero-order valence-corrected chi connectivity index (χ0v) is 10.4. The van der Waals surface area contributed by atoms with E-state index in [1.54, 1.807) is 0 Å². The van der Waals surface area contributed by atoms with Gasteiger partial charge in [0.15, 0.2) is 0 Å². The Morgan fingerprint density at radius 2 is 1.89 bits per heavy atom. The van der Waals surface area contributed by atoms with E-state index < -0.39 is 23.2 Å². The van der Waals surface area contributed by atoms with E-state index in [4.69, 9.17) is 5.11 Å². The average Bonchev–Trinajstić information content (AvgIpc) is 2.35. The van der Waals surface area contributed by atoms with Crippen LogP contribution < -0.4 is 4.31 Å². The first-order valence-electron chi connectivity index (χ1n) is 4.66. The van der Waals surface area contributed by atoms with E-state index in [1.165, 1.54) is 13.1 Å². The number of anilines is 1. The molecule has 0 bridgehead atoms. The first-order valence-corrected chi connectivity index (χ1v) is 5.69. The quantitative estimate of drug-likeness (QED) is 0.628. The van der Waals surface area contributed by atoms with Crippen molar-refractivity contribution < 1.29 is 28.2 Å². The molecule has 0 aliphatic rings. The number of rotatable bonds is 4. The first-order chi connectivity index (χ1) is 8.36. The zero-order chi connectivity index (χ0) is 13.9. The first kappa shape index (κ1) is 14.1. The number of methoxy groups -OCH3 is 1. The average molecular weight is 272 g/mol. The van der Waals surface area contributed by atoms with Gasteiger partial charge < -0.3 is 18.7 Å². The molecule has 18 heavy (non-hydrogen) atoms. The smallest absolute Gasteiger partial charge is 0.337 e.